The zero-order valence-corrected chi connectivity index (χ0v) is 16.1. The molecule has 3 aliphatic heterocycles. The van der Waals surface area contributed by atoms with Crippen molar-refractivity contribution in [2.75, 3.05) is 26.2 Å². The van der Waals surface area contributed by atoms with Crippen LogP contribution in [0.15, 0.2) is 30.4 Å². The number of hydrogen-bond acceptors (Lipinski definition) is 7. The van der Waals surface area contributed by atoms with E-state index in [1.807, 2.05) is 0 Å². The number of methoxy groups -OCH3 is 3. The highest BCUT2D eigenvalue weighted by molar-refractivity contribution is 6.34. The van der Waals surface area contributed by atoms with Crippen molar-refractivity contribution in [1.82, 2.24) is 0 Å². The lowest BCUT2D eigenvalue weighted by atomic mass is 9.76. The number of nitrogens with zero attached hydrogens (tertiary/aromatic N) is 1. The Morgan fingerprint density at radius 3 is 2.57 bits per heavy atom. The van der Waals surface area contributed by atoms with Crippen LogP contribution in [0, 0.1) is 11.8 Å². The van der Waals surface area contributed by atoms with E-state index in [1.165, 1.54) is 39.5 Å². The van der Waals surface area contributed by atoms with Gasteiger partial charge in [0.15, 0.2) is 11.9 Å². The average molecular weight is 408 g/mol. The molecule has 2 fully saturated rings. The van der Waals surface area contributed by atoms with Crippen LogP contribution in [0.5, 0.6) is 0 Å². The summed E-state index contributed by atoms with van der Waals surface area (Å²) >= 11 is 6.05. The Morgan fingerprint density at radius 2 is 1.93 bits per heavy atom. The van der Waals surface area contributed by atoms with E-state index in [1.54, 1.807) is 12.2 Å². The first-order valence-corrected chi connectivity index (χ1v) is 8.95. The van der Waals surface area contributed by atoms with Gasteiger partial charge in [0.2, 0.25) is 11.8 Å². The summed E-state index contributed by atoms with van der Waals surface area (Å²) in [5.41, 5.74) is -0.869. The van der Waals surface area contributed by atoms with Crippen LogP contribution in [-0.2, 0) is 28.5 Å². The topological polar surface area (TPSA) is 91.4 Å². The number of anilines is 1. The van der Waals surface area contributed by atoms with Crippen molar-refractivity contribution in [3.63, 3.8) is 0 Å². The van der Waals surface area contributed by atoms with Gasteiger partial charge in [-0.3, -0.25) is 9.59 Å². The first-order chi connectivity index (χ1) is 13.4. The highest BCUT2D eigenvalue weighted by Gasteiger charge is 2.70. The fourth-order valence-corrected chi connectivity index (χ4v) is 4.54. The molecule has 2 amide bonds. The SMILES string of the molecule is COC(=O)c1cc(N2C(=O)[C@@H]3[C@@H](C2=O)[C@@]2(C(OC)OC)C=C[C@H]3O2)ccc1Cl. The maximum absolute atomic E-state index is 13.3. The van der Waals surface area contributed by atoms with Crippen molar-refractivity contribution < 1.29 is 33.3 Å². The molecule has 4 rings (SSSR count). The number of hydrogen-bond donors (Lipinski definition) is 0. The molecule has 0 spiro atoms. The number of imide groups is 1. The lowest BCUT2D eigenvalue weighted by Gasteiger charge is -2.34. The average Bonchev–Trinajstić information content (AvgIpc) is 3.34. The number of ether oxygens (including phenoxy) is 4. The number of carbonyl (C=O) groups excluding carboxylic acids is 3. The zero-order chi connectivity index (χ0) is 20.2. The number of carbonyl (C=O) groups is 3. The molecule has 8 nitrogen and oxygen atoms in total. The lowest BCUT2D eigenvalue weighted by Crippen LogP contribution is -2.50. The minimum atomic E-state index is -1.18. The van der Waals surface area contributed by atoms with Gasteiger partial charge in [-0.1, -0.05) is 17.7 Å². The number of esters is 1. The fourth-order valence-electron chi connectivity index (χ4n) is 4.34. The van der Waals surface area contributed by atoms with Crippen molar-refractivity contribution in [3.05, 3.63) is 40.9 Å². The van der Waals surface area contributed by atoms with Gasteiger partial charge in [-0.05, 0) is 24.3 Å². The maximum Gasteiger partial charge on any atom is 0.339 e. The molecule has 28 heavy (non-hydrogen) atoms. The lowest BCUT2D eigenvalue weighted by molar-refractivity contribution is -0.210. The Morgan fingerprint density at radius 1 is 1.21 bits per heavy atom. The molecule has 3 aliphatic rings. The molecule has 0 radical (unpaired) electrons. The van der Waals surface area contributed by atoms with Crippen molar-refractivity contribution in [3.8, 4) is 0 Å². The van der Waals surface area contributed by atoms with Crippen LogP contribution < -0.4 is 4.90 Å². The monoisotopic (exact) mass is 407 g/mol. The molecule has 1 aromatic carbocycles. The number of halogens is 1. The summed E-state index contributed by atoms with van der Waals surface area (Å²) in [7, 11) is 4.12. The summed E-state index contributed by atoms with van der Waals surface area (Å²) in [5.74, 6) is -3.00. The van der Waals surface area contributed by atoms with Gasteiger partial charge < -0.3 is 18.9 Å². The largest absolute Gasteiger partial charge is 0.465 e. The predicted octanol–water partition coefficient (Wildman–Crippen LogP) is 1.56. The van der Waals surface area contributed by atoms with E-state index in [0.29, 0.717) is 0 Å². The zero-order valence-electron chi connectivity index (χ0n) is 15.4. The molecule has 9 heteroatoms. The maximum atomic E-state index is 13.3. The summed E-state index contributed by atoms with van der Waals surface area (Å²) in [6.45, 7) is 0. The Kier molecular flexibility index (Phi) is 4.54. The van der Waals surface area contributed by atoms with Gasteiger partial charge in [0.05, 0.1) is 41.3 Å². The molecule has 0 aliphatic carbocycles. The number of rotatable bonds is 5. The second-order valence-electron chi connectivity index (χ2n) is 6.77. The quantitative estimate of drug-likeness (QED) is 0.316. The van der Waals surface area contributed by atoms with E-state index < -0.39 is 47.6 Å². The third-order valence-electron chi connectivity index (χ3n) is 5.49. The molecule has 2 bridgehead atoms. The number of fused-ring (bicyclic) bond motifs is 5. The van der Waals surface area contributed by atoms with Crippen molar-refractivity contribution >= 4 is 35.1 Å². The van der Waals surface area contributed by atoms with E-state index in [0.717, 1.165) is 4.90 Å². The van der Waals surface area contributed by atoms with E-state index >= 15 is 0 Å². The molecule has 0 saturated carbocycles. The molecule has 0 unspecified atom stereocenters. The summed E-state index contributed by atoms with van der Waals surface area (Å²) in [4.78, 5) is 39.4. The van der Waals surface area contributed by atoms with Crippen LogP contribution in [-0.4, -0.2) is 57.1 Å². The van der Waals surface area contributed by atoms with Crippen LogP contribution in [0.25, 0.3) is 0 Å². The standard InChI is InChI=1S/C19H18ClNO7/c1-25-17(24)10-8-9(4-5-11(10)20)21-15(22)13-12-6-7-19(28-12,14(13)16(21)23)18(26-2)27-3/h4-8,12-14,18H,1-3H3/t12-,13+,14+,19-/m1/s1. The molecule has 148 valence electrons. The summed E-state index contributed by atoms with van der Waals surface area (Å²) < 4.78 is 21.4. The van der Waals surface area contributed by atoms with Crippen LogP contribution in [0.2, 0.25) is 5.02 Å². The van der Waals surface area contributed by atoms with Crippen LogP contribution in [0.1, 0.15) is 10.4 Å². The molecule has 4 atom stereocenters. The first-order valence-electron chi connectivity index (χ1n) is 8.58. The molecule has 1 aromatic rings. The van der Waals surface area contributed by atoms with Gasteiger partial charge >= 0.3 is 5.97 Å². The number of amides is 2. The molecule has 0 aromatic heterocycles. The fraction of sp³-hybridized carbons (Fsp3) is 0.421. The van der Waals surface area contributed by atoms with E-state index in [-0.39, 0.29) is 16.3 Å². The van der Waals surface area contributed by atoms with Crippen LogP contribution in [0.4, 0.5) is 5.69 Å². The molecule has 0 N–H and O–H groups in total. The van der Waals surface area contributed by atoms with Crippen LogP contribution in [0.3, 0.4) is 0 Å². The molecular formula is C19H18ClNO7. The normalized spacial score (nSPS) is 30.5. The summed E-state index contributed by atoms with van der Waals surface area (Å²) in [5, 5.41) is 0.162. The summed E-state index contributed by atoms with van der Waals surface area (Å²) in [6.07, 6.45) is 2.08. The molecular weight excluding hydrogens is 390 g/mol. The van der Waals surface area contributed by atoms with Crippen molar-refractivity contribution in [1.29, 1.82) is 0 Å². The van der Waals surface area contributed by atoms with Gasteiger partial charge in [-0.2, -0.15) is 0 Å². The van der Waals surface area contributed by atoms with Gasteiger partial charge in [0.1, 0.15) is 0 Å². The first kappa shape index (κ1) is 19.1. The molecule has 3 heterocycles. The Bertz CT molecular complexity index is 896. The third-order valence-corrected chi connectivity index (χ3v) is 5.82. The smallest absolute Gasteiger partial charge is 0.339 e. The van der Waals surface area contributed by atoms with Gasteiger partial charge in [-0.15, -0.1) is 0 Å². The highest BCUT2D eigenvalue weighted by atomic mass is 35.5. The second-order valence-corrected chi connectivity index (χ2v) is 7.18. The summed E-state index contributed by atoms with van der Waals surface area (Å²) in [6, 6.07) is 4.33. The van der Waals surface area contributed by atoms with Crippen molar-refractivity contribution in [2.45, 2.75) is 18.0 Å². The Hall–Kier alpha value is -2.26. The van der Waals surface area contributed by atoms with Gasteiger partial charge in [0.25, 0.3) is 0 Å². The van der Waals surface area contributed by atoms with Gasteiger partial charge in [-0.25, -0.2) is 9.69 Å². The minimum absolute atomic E-state index is 0.0676. The van der Waals surface area contributed by atoms with E-state index in [9.17, 15) is 14.4 Å². The Balaban J connectivity index is 1.75. The highest BCUT2D eigenvalue weighted by Crippen LogP contribution is 2.54. The molecule has 2 saturated heterocycles. The van der Waals surface area contributed by atoms with E-state index in [4.69, 9.17) is 30.5 Å². The van der Waals surface area contributed by atoms with Gasteiger partial charge in [0, 0.05) is 14.2 Å². The third kappa shape index (κ3) is 2.39. The minimum Gasteiger partial charge on any atom is -0.465 e. The predicted molar refractivity (Wildman–Crippen MR) is 96.8 cm³/mol. The van der Waals surface area contributed by atoms with Crippen molar-refractivity contribution in [2.24, 2.45) is 11.8 Å². The second kappa shape index (κ2) is 6.66. The van der Waals surface area contributed by atoms with Crippen LogP contribution >= 0.6 is 11.6 Å². The number of benzene rings is 1. The Labute approximate surface area is 165 Å². The van der Waals surface area contributed by atoms with E-state index in [2.05, 4.69) is 0 Å².